The highest BCUT2D eigenvalue weighted by atomic mass is 28.4. The van der Waals surface area contributed by atoms with E-state index in [2.05, 4.69) is 114 Å². The Labute approximate surface area is 293 Å². The standard InChI is InChI=1S/C41H76O4Si2/c1-16-41(42,17-2)25-18-26-43-31(5)34-23-24-35-33(21-19-29(3)38(34)35)22-20-32-27-36(44-46(12,13)39(6,7)8)30(4)37(28-32)45-47(14,15)40(9,10)11/h20,22,29,31,34-38,42H,4,16-19,21,23-28H2,1-3,5-15H3/b33-22+/t29-,31?,34?,35?,36-,37-,38?/m1/s1. The van der Waals surface area contributed by atoms with Crippen molar-refractivity contribution >= 4 is 16.6 Å². The van der Waals surface area contributed by atoms with Crippen molar-refractivity contribution in [3.8, 4) is 0 Å². The van der Waals surface area contributed by atoms with Crippen LogP contribution in [-0.4, -0.2) is 52.3 Å². The molecule has 0 bridgehead atoms. The molecule has 0 aliphatic heterocycles. The molecule has 3 aliphatic rings. The van der Waals surface area contributed by atoms with Crippen molar-refractivity contribution in [2.24, 2.45) is 23.7 Å². The van der Waals surface area contributed by atoms with E-state index in [4.69, 9.17) is 13.6 Å². The zero-order valence-electron chi connectivity index (χ0n) is 33.4. The first-order chi connectivity index (χ1) is 21.6. The molecule has 1 N–H and O–H groups in total. The van der Waals surface area contributed by atoms with Crippen LogP contribution in [0, 0.1) is 23.7 Å². The van der Waals surface area contributed by atoms with Crippen molar-refractivity contribution in [1.29, 1.82) is 0 Å². The second-order valence-electron chi connectivity index (χ2n) is 18.8. The number of fused-ring (bicyclic) bond motifs is 1. The Bertz CT molecular complexity index is 1060. The highest BCUT2D eigenvalue weighted by molar-refractivity contribution is 6.74. The van der Waals surface area contributed by atoms with Gasteiger partial charge in [0.1, 0.15) is 0 Å². The first kappa shape index (κ1) is 40.9. The summed E-state index contributed by atoms with van der Waals surface area (Å²) in [6, 6.07) is 0. The third-order valence-corrected chi connectivity index (χ3v) is 22.6. The Morgan fingerprint density at radius 2 is 1.40 bits per heavy atom. The molecule has 47 heavy (non-hydrogen) atoms. The average Bonchev–Trinajstić information content (AvgIpc) is 3.42. The van der Waals surface area contributed by atoms with Gasteiger partial charge in [-0.05, 0) is 137 Å². The Morgan fingerprint density at radius 1 is 0.872 bits per heavy atom. The van der Waals surface area contributed by atoms with E-state index in [0.717, 1.165) is 56.6 Å². The number of rotatable bonds is 13. The van der Waals surface area contributed by atoms with Crippen LogP contribution in [-0.2, 0) is 13.6 Å². The SMILES string of the molecule is C=C1[C@H](O[Si](C)(C)C(C)(C)C)CC(=C/C=C2\CC[C@@H](C)C3C2CCC3C(C)OCCCC(O)(CC)CC)C[C@H]1O[Si](C)(C)C(C)(C)C. The highest BCUT2D eigenvalue weighted by Crippen LogP contribution is 2.53. The van der Waals surface area contributed by atoms with Gasteiger partial charge in [-0.2, -0.15) is 0 Å². The van der Waals surface area contributed by atoms with Gasteiger partial charge in [-0.1, -0.05) is 92.2 Å². The molecular formula is C41H76O4Si2. The Hall–Kier alpha value is -0.506. The summed E-state index contributed by atoms with van der Waals surface area (Å²) in [4.78, 5) is 0. The molecule has 272 valence electrons. The fraction of sp³-hybridized carbons (Fsp3) is 0.854. The first-order valence-corrected chi connectivity index (χ1v) is 25.1. The van der Waals surface area contributed by atoms with E-state index in [9.17, 15) is 5.11 Å². The topological polar surface area (TPSA) is 47.9 Å². The maximum Gasteiger partial charge on any atom is 0.192 e. The highest BCUT2D eigenvalue weighted by Gasteiger charge is 2.47. The molecule has 0 aromatic rings. The molecule has 0 radical (unpaired) electrons. The van der Waals surface area contributed by atoms with Crippen molar-refractivity contribution in [3.05, 3.63) is 35.5 Å². The number of allylic oxidation sites excluding steroid dienone is 3. The van der Waals surface area contributed by atoms with Crippen LogP contribution in [0.1, 0.15) is 133 Å². The van der Waals surface area contributed by atoms with Crippen LogP contribution < -0.4 is 0 Å². The van der Waals surface area contributed by atoms with E-state index in [1.807, 2.05) is 0 Å². The van der Waals surface area contributed by atoms with Gasteiger partial charge in [0.25, 0.3) is 0 Å². The van der Waals surface area contributed by atoms with E-state index < -0.39 is 22.2 Å². The lowest BCUT2D eigenvalue weighted by molar-refractivity contribution is -0.0218. The molecule has 0 saturated heterocycles. The van der Waals surface area contributed by atoms with E-state index in [0.29, 0.717) is 17.8 Å². The molecule has 3 aliphatic carbocycles. The van der Waals surface area contributed by atoms with Crippen LogP contribution in [0.3, 0.4) is 0 Å². The Kier molecular flexibility index (Phi) is 13.8. The smallest absolute Gasteiger partial charge is 0.192 e. The van der Waals surface area contributed by atoms with Gasteiger partial charge in [-0.3, -0.25) is 0 Å². The second-order valence-corrected chi connectivity index (χ2v) is 28.3. The predicted octanol–water partition coefficient (Wildman–Crippen LogP) is 11.8. The van der Waals surface area contributed by atoms with Crippen LogP contribution in [0.15, 0.2) is 35.5 Å². The summed E-state index contributed by atoms with van der Waals surface area (Å²) in [6.45, 7) is 37.8. The average molecular weight is 689 g/mol. The zero-order valence-corrected chi connectivity index (χ0v) is 35.4. The fourth-order valence-electron chi connectivity index (χ4n) is 7.92. The monoisotopic (exact) mass is 689 g/mol. The minimum absolute atomic E-state index is 0.0164. The van der Waals surface area contributed by atoms with Gasteiger partial charge >= 0.3 is 0 Å². The normalized spacial score (nSPS) is 29.7. The molecular weight excluding hydrogens is 613 g/mol. The summed E-state index contributed by atoms with van der Waals surface area (Å²) in [5, 5.41) is 11.0. The minimum atomic E-state index is -1.99. The van der Waals surface area contributed by atoms with Crippen molar-refractivity contribution < 1.29 is 18.7 Å². The number of hydrogen-bond donors (Lipinski definition) is 1. The summed E-state index contributed by atoms with van der Waals surface area (Å²) < 4.78 is 20.7. The van der Waals surface area contributed by atoms with E-state index in [-0.39, 0.29) is 28.4 Å². The van der Waals surface area contributed by atoms with Gasteiger partial charge in [0.15, 0.2) is 16.6 Å². The van der Waals surface area contributed by atoms with Gasteiger partial charge in [-0.15, -0.1) is 0 Å². The summed E-state index contributed by atoms with van der Waals surface area (Å²) >= 11 is 0. The molecule has 0 aromatic heterocycles. The molecule has 0 spiro atoms. The lowest BCUT2D eigenvalue weighted by Gasteiger charge is -2.46. The maximum atomic E-state index is 10.7. The molecule has 6 heteroatoms. The van der Waals surface area contributed by atoms with Crippen LogP contribution in [0.2, 0.25) is 36.3 Å². The maximum absolute atomic E-state index is 10.7. The Balaban J connectivity index is 1.79. The molecule has 0 heterocycles. The van der Waals surface area contributed by atoms with Crippen molar-refractivity contribution in [2.45, 2.75) is 194 Å². The fourth-order valence-corrected chi connectivity index (χ4v) is 10.5. The van der Waals surface area contributed by atoms with Crippen LogP contribution >= 0.6 is 0 Å². The molecule has 3 fully saturated rings. The molecule has 0 aromatic carbocycles. The summed E-state index contributed by atoms with van der Waals surface area (Å²) in [7, 11) is -3.97. The summed E-state index contributed by atoms with van der Waals surface area (Å²) in [6.07, 6.45) is 15.6. The molecule has 3 saturated carbocycles. The first-order valence-electron chi connectivity index (χ1n) is 19.3. The van der Waals surface area contributed by atoms with Gasteiger partial charge < -0.3 is 18.7 Å². The third-order valence-electron chi connectivity index (χ3n) is 13.6. The second kappa shape index (κ2) is 15.8. The van der Waals surface area contributed by atoms with Crippen LogP contribution in [0.25, 0.3) is 0 Å². The summed E-state index contributed by atoms with van der Waals surface area (Å²) in [5.41, 5.74) is 3.73. The Morgan fingerprint density at radius 3 is 1.89 bits per heavy atom. The van der Waals surface area contributed by atoms with Crippen molar-refractivity contribution in [2.75, 3.05) is 6.61 Å². The number of hydrogen-bond acceptors (Lipinski definition) is 4. The van der Waals surface area contributed by atoms with E-state index >= 15 is 0 Å². The molecule has 3 rings (SSSR count). The third kappa shape index (κ3) is 10.1. The van der Waals surface area contributed by atoms with Gasteiger partial charge in [0.2, 0.25) is 0 Å². The lowest BCUT2D eigenvalue weighted by Crippen LogP contribution is -2.49. The molecule has 7 atom stereocenters. The largest absolute Gasteiger partial charge is 0.410 e. The summed E-state index contributed by atoms with van der Waals surface area (Å²) in [5.74, 6) is 2.71. The van der Waals surface area contributed by atoms with Crippen molar-refractivity contribution in [1.82, 2.24) is 0 Å². The quantitative estimate of drug-likeness (QED) is 0.119. The lowest BCUT2D eigenvalue weighted by atomic mass is 9.68. The molecule has 0 amide bonds. The van der Waals surface area contributed by atoms with E-state index in [1.54, 1.807) is 5.57 Å². The van der Waals surface area contributed by atoms with Crippen LogP contribution in [0.5, 0.6) is 0 Å². The van der Waals surface area contributed by atoms with Crippen LogP contribution in [0.4, 0.5) is 0 Å². The number of aliphatic hydroxyl groups is 1. The van der Waals surface area contributed by atoms with Gasteiger partial charge in [0, 0.05) is 6.61 Å². The molecule has 4 nitrogen and oxygen atoms in total. The predicted molar refractivity (Wildman–Crippen MR) is 207 cm³/mol. The van der Waals surface area contributed by atoms with Crippen molar-refractivity contribution in [3.63, 3.8) is 0 Å². The minimum Gasteiger partial charge on any atom is -0.410 e. The van der Waals surface area contributed by atoms with Gasteiger partial charge in [0.05, 0.1) is 23.9 Å². The number of ether oxygens (including phenoxy) is 1. The van der Waals surface area contributed by atoms with E-state index in [1.165, 1.54) is 31.3 Å². The van der Waals surface area contributed by atoms with Gasteiger partial charge in [-0.25, -0.2) is 0 Å². The zero-order chi connectivity index (χ0) is 35.6. The molecule has 4 unspecified atom stereocenters.